The maximum Gasteiger partial charge on any atom is 0.413 e. The molecule has 0 aromatic rings. The minimum atomic E-state index is -0.550. The molecule has 0 saturated carbocycles. The van der Waals surface area contributed by atoms with Gasteiger partial charge in [-0.2, -0.15) is 0 Å². The van der Waals surface area contributed by atoms with Gasteiger partial charge in [0, 0.05) is 6.54 Å². The van der Waals surface area contributed by atoms with Crippen LogP contribution in [0.4, 0.5) is 4.79 Å². The van der Waals surface area contributed by atoms with Gasteiger partial charge in [0.2, 0.25) is 0 Å². The van der Waals surface area contributed by atoms with E-state index in [1.54, 1.807) is 0 Å². The lowest BCUT2D eigenvalue weighted by atomic mass is 10.7. The average molecular weight is 162 g/mol. The van der Waals surface area contributed by atoms with Gasteiger partial charge in [-0.3, -0.25) is 5.32 Å². The van der Waals surface area contributed by atoms with Gasteiger partial charge in [0.05, 0.1) is 7.11 Å². The fourth-order valence-corrected chi connectivity index (χ4v) is 0.576. The van der Waals surface area contributed by atoms with Crippen molar-refractivity contribution in [2.24, 2.45) is 0 Å². The molecule has 5 heteroatoms. The largest absolute Gasteiger partial charge is 0.453 e. The minimum Gasteiger partial charge on any atom is -0.453 e. The summed E-state index contributed by atoms with van der Waals surface area (Å²) in [5, 5.41) is 5.31. The molecule has 10 heavy (non-hydrogen) atoms. The van der Waals surface area contributed by atoms with E-state index in [4.69, 9.17) is 0 Å². The summed E-state index contributed by atoms with van der Waals surface area (Å²) >= 11 is 4.67. The molecule has 0 aromatic heterocycles. The lowest BCUT2D eigenvalue weighted by molar-refractivity contribution is 0.176. The van der Waals surface area contributed by atoms with Crippen molar-refractivity contribution in [3.8, 4) is 0 Å². The van der Waals surface area contributed by atoms with Gasteiger partial charge in [0.15, 0.2) is 5.11 Å². The van der Waals surface area contributed by atoms with Crippen LogP contribution in [0, 0.1) is 0 Å². The van der Waals surface area contributed by atoms with E-state index in [0.29, 0.717) is 6.54 Å². The van der Waals surface area contributed by atoms with Crippen molar-refractivity contribution < 1.29 is 9.53 Å². The first kappa shape index (κ1) is 9.16. The number of hydrogen-bond acceptors (Lipinski definition) is 3. The highest BCUT2D eigenvalue weighted by Gasteiger charge is 1.99. The van der Waals surface area contributed by atoms with Gasteiger partial charge >= 0.3 is 6.09 Å². The second-order valence-electron chi connectivity index (χ2n) is 1.48. The molecule has 0 aliphatic rings. The Morgan fingerprint density at radius 1 is 1.70 bits per heavy atom. The van der Waals surface area contributed by atoms with Gasteiger partial charge < -0.3 is 10.1 Å². The molecule has 2 N–H and O–H groups in total. The fraction of sp³-hybridized carbons (Fsp3) is 0.600. The van der Waals surface area contributed by atoms with Crippen molar-refractivity contribution in [2.75, 3.05) is 13.7 Å². The molecule has 0 aromatic carbocycles. The number of alkyl carbamates (subject to hydrolysis) is 1. The van der Waals surface area contributed by atoms with E-state index in [0.717, 1.165) is 0 Å². The molecular weight excluding hydrogens is 152 g/mol. The van der Waals surface area contributed by atoms with Gasteiger partial charge in [0.1, 0.15) is 0 Å². The third-order valence-electron chi connectivity index (χ3n) is 0.738. The van der Waals surface area contributed by atoms with Crippen LogP contribution in [0.2, 0.25) is 0 Å². The van der Waals surface area contributed by atoms with E-state index in [2.05, 4.69) is 27.6 Å². The number of thiocarbonyl (C=S) groups is 1. The molecule has 0 atom stereocenters. The maximum atomic E-state index is 10.4. The number of carbonyl (C=O) groups is 1. The molecule has 0 saturated heterocycles. The molecule has 4 nitrogen and oxygen atoms in total. The predicted octanol–water partition coefficient (Wildman–Crippen LogP) is 0.237. The van der Waals surface area contributed by atoms with E-state index in [1.807, 2.05) is 6.92 Å². The average Bonchev–Trinajstić information content (AvgIpc) is 1.88. The van der Waals surface area contributed by atoms with Crippen LogP contribution in [0.25, 0.3) is 0 Å². The number of carbonyl (C=O) groups excluding carboxylic acids is 1. The maximum absolute atomic E-state index is 10.4. The van der Waals surface area contributed by atoms with E-state index in [1.165, 1.54) is 7.11 Å². The topological polar surface area (TPSA) is 50.4 Å². The summed E-state index contributed by atoms with van der Waals surface area (Å²) in [5.74, 6) is 0. The summed E-state index contributed by atoms with van der Waals surface area (Å²) in [7, 11) is 1.28. The first-order valence-electron chi connectivity index (χ1n) is 2.83. The van der Waals surface area contributed by atoms with Crippen LogP contribution in [0.5, 0.6) is 0 Å². The number of methoxy groups -OCH3 is 1. The van der Waals surface area contributed by atoms with Crippen molar-refractivity contribution in [1.82, 2.24) is 10.6 Å². The van der Waals surface area contributed by atoms with E-state index in [-0.39, 0.29) is 5.11 Å². The van der Waals surface area contributed by atoms with Crippen molar-refractivity contribution in [3.63, 3.8) is 0 Å². The fourth-order valence-electron chi connectivity index (χ4n) is 0.348. The summed E-state index contributed by atoms with van der Waals surface area (Å²) in [6.45, 7) is 2.56. The Bertz CT molecular complexity index is 138. The van der Waals surface area contributed by atoms with Crippen LogP contribution >= 0.6 is 12.2 Å². The van der Waals surface area contributed by atoms with Gasteiger partial charge in [0.25, 0.3) is 0 Å². The van der Waals surface area contributed by atoms with Crippen LogP contribution in [-0.2, 0) is 4.74 Å². The molecule has 0 fully saturated rings. The van der Waals surface area contributed by atoms with Crippen LogP contribution in [0.1, 0.15) is 6.92 Å². The molecule has 0 aliphatic carbocycles. The summed E-state index contributed by atoms with van der Waals surface area (Å²) in [6, 6.07) is 0. The SMILES string of the molecule is CCNC(=S)NC(=O)OC. The van der Waals surface area contributed by atoms with Crippen LogP contribution in [0.3, 0.4) is 0 Å². The first-order chi connectivity index (χ1) is 4.70. The quantitative estimate of drug-likeness (QED) is 0.542. The highest BCUT2D eigenvalue weighted by molar-refractivity contribution is 7.80. The smallest absolute Gasteiger partial charge is 0.413 e. The summed E-state index contributed by atoms with van der Waals surface area (Å²) in [6.07, 6.45) is -0.550. The number of hydrogen-bond donors (Lipinski definition) is 2. The van der Waals surface area contributed by atoms with E-state index in [9.17, 15) is 4.79 Å². The Morgan fingerprint density at radius 2 is 2.30 bits per heavy atom. The number of rotatable bonds is 1. The monoisotopic (exact) mass is 162 g/mol. The van der Waals surface area contributed by atoms with Gasteiger partial charge in [-0.15, -0.1) is 0 Å². The molecule has 0 heterocycles. The standard InChI is InChI=1S/C5H10N2O2S/c1-3-6-4(10)7-5(8)9-2/h3H2,1-2H3,(H2,6,7,8,10). The van der Waals surface area contributed by atoms with Crippen molar-refractivity contribution in [3.05, 3.63) is 0 Å². The number of ether oxygens (including phenoxy) is 1. The molecule has 0 unspecified atom stereocenters. The van der Waals surface area contributed by atoms with E-state index < -0.39 is 6.09 Å². The van der Waals surface area contributed by atoms with Gasteiger partial charge in [-0.25, -0.2) is 4.79 Å². The molecule has 0 rings (SSSR count). The Morgan fingerprint density at radius 3 is 2.70 bits per heavy atom. The van der Waals surface area contributed by atoms with Gasteiger partial charge in [-0.1, -0.05) is 0 Å². The van der Waals surface area contributed by atoms with Gasteiger partial charge in [-0.05, 0) is 19.1 Å². The Labute approximate surface area is 64.9 Å². The van der Waals surface area contributed by atoms with Crippen LogP contribution in [-0.4, -0.2) is 24.9 Å². The molecule has 0 spiro atoms. The van der Waals surface area contributed by atoms with Crippen LogP contribution in [0.15, 0.2) is 0 Å². The Hall–Kier alpha value is -0.840. The van der Waals surface area contributed by atoms with Crippen molar-refractivity contribution >= 4 is 23.4 Å². The zero-order valence-corrected chi connectivity index (χ0v) is 6.75. The Kier molecular flexibility index (Phi) is 4.57. The zero-order chi connectivity index (χ0) is 7.98. The normalized spacial score (nSPS) is 8.20. The number of nitrogens with one attached hydrogen (secondary N) is 2. The highest BCUT2D eigenvalue weighted by Crippen LogP contribution is 1.71. The van der Waals surface area contributed by atoms with E-state index >= 15 is 0 Å². The summed E-state index contributed by atoms with van der Waals surface area (Å²) in [4.78, 5) is 10.4. The number of amides is 1. The minimum absolute atomic E-state index is 0.286. The molecule has 0 bridgehead atoms. The summed E-state index contributed by atoms with van der Waals surface area (Å²) < 4.78 is 4.29. The van der Waals surface area contributed by atoms with Crippen molar-refractivity contribution in [1.29, 1.82) is 0 Å². The third kappa shape index (κ3) is 4.08. The highest BCUT2D eigenvalue weighted by atomic mass is 32.1. The predicted molar refractivity (Wildman–Crippen MR) is 41.8 cm³/mol. The lowest BCUT2D eigenvalue weighted by Crippen LogP contribution is -2.38. The summed E-state index contributed by atoms with van der Waals surface area (Å²) in [5.41, 5.74) is 0. The molecule has 0 aliphatic heterocycles. The second-order valence-corrected chi connectivity index (χ2v) is 1.88. The first-order valence-corrected chi connectivity index (χ1v) is 3.24. The van der Waals surface area contributed by atoms with Crippen molar-refractivity contribution in [2.45, 2.75) is 6.92 Å². The molecule has 58 valence electrons. The van der Waals surface area contributed by atoms with Crippen LogP contribution < -0.4 is 10.6 Å². The molecular formula is C5H10N2O2S. The zero-order valence-electron chi connectivity index (χ0n) is 5.93. The molecule has 0 radical (unpaired) electrons. The third-order valence-corrected chi connectivity index (χ3v) is 0.985. The lowest BCUT2D eigenvalue weighted by Gasteiger charge is -2.04. The second kappa shape index (κ2) is 4.99. The Balaban J connectivity index is 3.47. The molecule has 1 amide bonds.